The van der Waals surface area contributed by atoms with Gasteiger partial charge in [-0.1, -0.05) is 13.8 Å². The van der Waals surface area contributed by atoms with Gasteiger partial charge < -0.3 is 22.4 Å². The van der Waals surface area contributed by atoms with Crippen LogP contribution in [0.4, 0.5) is 17.3 Å². The molecule has 0 fully saturated rings. The first-order valence-corrected chi connectivity index (χ1v) is 6.70. The molecule has 0 aliphatic heterocycles. The molecule has 0 amide bonds. The van der Waals surface area contributed by atoms with Crippen molar-refractivity contribution in [3.05, 3.63) is 0 Å². The predicted octanol–water partition coefficient (Wildman–Crippen LogP) is 2.58. The fourth-order valence-electron chi connectivity index (χ4n) is 1.13. The molecule has 0 spiro atoms. The maximum Gasteiger partial charge on any atom is 0.673 e. The van der Waals surface area contributed by atoms with E-state index in [-0.39, 0.29) is 4.75 Å². The molecule has 100 valence electrons. The molecule has 0 aliphatic carbocycles. The van der Waals surface area contributed by atoms with Crippen LogP contribution in [0.15, 0.2) is 0 Å². The van der Waals surface area contributed by atoms with Crippen molar-refractivity contribution in [1.82, 2.24) is 0 Å². The Bertz CT molecular complexity index is 151. The average molecular weight is 282 g/mol. The fraction of sp³-hybridized carbons (Fsp3) is 1.00. The molecule has 0 rings (SSSR count). The Morgan fingerprint density at radius 3 is 1.88 bits per heavy atom. The van der Waals surface area contributed by atoms with Gasteiger partial charge in [0.2, 0.25) is 0 Å². The topological polar surface area (TPSA) is 20.2 Å². The summed E-state index contributed by atoms with van der Waals surface area (Å²) < 4.78 is 39.3. The van der Waals surface area contributed by atoms with Gasteiger partial charge in [-0.3, -0.25) is 0 Å². The Morgan fingerprint density at radius 2 is 1.69 bits per heavy atom. The summed E-state index contributed by atoms with van der Waals surface area (Å²) in [6.45, 7) is 4.64. The molecule has 0 aliphatic rings. The molecule has 0 aromatic rings. The summed E-state index contributed by atoms with van der Waals surface area (Å²) in [6, 6.07) is 0. The summed E-state index contributed by atoms with van der Waals surface area (Å²) in [5.41, 5.74) is 0. The zero-order chi connectivity index (χ0) is 13.2. The second-order valence-electron chi connectivity index (χ2n) is 3.11. The highest BCUT2D eigenvalue weighted by Crippen LogP contribution is 2.31. The zero-order valence-corrected chi connectivity index (χ0v) is 11.3. The number of hydrogen-bond acceptors (Lipinski definition) is 2. The molecule has 0 heterocycles. The zero-order valence-electron chi connectivity index (χ0n) is 9.48. The van der Waals surface area contributed by atoms with E-state index in [0.29, 0.717) is 6.61 Å². The Hall–Kier alpha value is 0.445. The molecular weight excluding hydrogens is 263 g/mol. The van der Waals surface area contributed by atoms with Gasteiger partial charge in [-0.2, -0.15) is 11.8 Å². The van der Waals surface area contributed by atoms with E-state index in [0.717, 1.165) is 24.3 Å². The van der Waals surface area contributed by atoms with Gasteiger partial charge in [0.25, 0.3) is 0 Å². The van der Waals surface area contributed by atoms with Crippen molar-refractivity contribution in [3.8, 4) is 0 Å². The lowest BCUT2D eigenvalue weighted by atomic mass is 10.0. The minimum absolute atomic E-state index is 0.264. The molecule has 16 heavy (non-hydrogen) atoms. The van der Waals surface area contributed by atoms with Crippen LogP contribution in [0.3, 0.4) is 0 Å². The van der Waals surface area contributed by atoms with E-state index in [9.17, 15) is 17.3 Å². The van der Waals surface area contributed by atoms with Crippen LogP contribution in [0, 0.1) is 0 Å². The van der Waals surface area contributed by atoms with Gasteiger partial charge >= 0.3 is 7.25 Å². The van der Waals surface area contributed by atoms with Crippen LogP contribution >= 0.6 is 11.8 Å². The SMILES string of the molecule is CCSC(CC)(C[SH2+])CCO.F[B-](F)(F)F. The maximum atomic E-state index is 9.75. The fourth-order valence-corrected chi connectivity index (χ4v) is 3.01. The molecular formula is C8H19BF4OS2. The number of hydrogen-bond donors (Lipinski definition) is 1. The van der Waals surface area contributed by atoms with E-state index in [1.807, 2.05) is 11.8 Å². The van der Waals surface area contributed by atoms with Gasteiger partial charge in [0.1, 0.15) is 5.75 Å². The molecule has 1 atom stereocenters. The summed E-state index contributed by atoms with van der Waals surface area (Å²) in [4.78, 5) is 0. The van der Waals surface area contributed by atoms with Crippen LogP contribution < -0.4 is 0 Å². The second-order valence-corrected chi connectivity index (χ2v) is 5.20. The summed E-state index contributed by atoms with van der Waals surface area (Å²) >= 11 is 5.49. The van der Waals surface area contributed by atoms with Crippen molar-refractivity contribution in [3.63, 3.8) is 0 Å². The standard InChI is InChI=1S/C8H18OS2.BF4/c1-3-8(7-10,5-6-9)11-4-2;2-1(3,4)5/h9-10H,3-7H2,1-2H3;/q;-1/p+1. The summed E-state index contributed by atoms with van der Waals surface area (Å²) in [7, 11) is -6.00. The van der Waals surface area contributed by atoms with Crippen molar-refractivity contribution >= 4 is 31.6 Å². The molecule has 1 unspecified atom stereocenters. The Labute approximate surface area is 104 Å². The van der Waals surface area contributed by atoms with E-state index >= 15 is 0 Å². The molecule has 1 N–H and O–H groups in total. The number of aliphatic hydroxyl groups excluding tert-OH is 1. The predicted molar refractivity (Wildman–Crippen MR) is 68.1 cm³/mol. The van der Waals surface area contributed by atoms with Gasteiger partial charge in [-0.15, -0.1) is 0 Å². The van der Waals surface area contributed by atoms with Crippen LogP contribution in [0.25, 0.3) is 0 Å². The molecule has 0 saturated carbocycles. The summed E-state index contributed by atoms with van der Waals surface area (Å²) in [5.74, 6) is 2.10. The van der Waals surface area contributed by atoms with Crippen LogP contribution in [-0.4, -0.2) is 35.2 Å². The molecule has 0 saturated heterocycles. The largest absolute Gasteiger partial charge is 0.673 e. The Morgan fingerprint density at radius 1 is 1.25 bits per heavy atom. The third kappa shape index (κ3) is 12.5. The van der Waals surface area contributed by atoms with Crippen LogP contribution in [0.2, 0.25) is 0 Å². The van der Waals surface area contributed by atoms with Crippen LogP contribution in [0.5, 0.6) is 0 Å². The van der Waals surface area contributed by atoms with E-state index in [4.69, 9.17) is 5.11 Å². The molecule has 8 heteroatoms. The normalized spacial score (nSPS) is 15.0. The lowest BCUT2D eigenvalue weighted by Crippen LogP contribution is -2.29. The Kier molecular flexibility index (Phi) is 11.1. The van der Waals surface area contributed by atoms with Gasteiger partial charge in [0, 0.05) is 6.61 Å². The molecule has 1 nitrogen and oxygen atoms in total. The number of rotatable bonds is 6. The summed E-state index contributed by atoms with van der Waals surface area (Å²) in [5, 5.41) is 8.86. The van der Waals surface area contributed by atoms with Crippen molar-refractivity contribution in [1.29, 1.82) is 0 Å². The molecule has 0 radical (unpaired) electrons. The number of thioether (sulfide) groups is 1. The first kappa shape index (κ1) is 18.8. The van der Waals surface area contributed by atoms with Gasteiger partial charge in [-0.25, -0.2) is 0 Å². The van der Waals surface area contributed by atoms with E-state index in [1.165, 1.54) is 0 Å². The second kappa shape index (κ2) is 9.47. The lowest BCUT2D eigenvalue weighted by Gasteiger charge is -2.26. The van der Waals surface area contributed by atoms with Crippen molar-refractivity contribution < 1.29 is 22.4 Å². The van der Waals surface area contributed by atoms with Crippen molar-refractivity contribution in [2.45, 2.75) is 31.4 Å². The smallest absolute Gasteiger partial charge is 0.418 e. The lowest BCUT2D eigenvalue weighted by molar-refractivity contribution is 0.271. The van der Waals surface area contributed by atoms with Gasteiger partial charge in [-0.05, 0) is 31.2 Å². The first-order valence-electron chi connectivity index (χ1n) is 5.01. The number of aliphatic hydroxyl groups is 1. The Balaban J connectivity index is 0. The third-order valence-corrected chi connectivity index (χ3v) is 4.46. The van der Waals surface area contributed by atoms with Crippen molar-refractivity contribution in [2.24, 2.45) is 0 Å². The highest BCUT2D eigenvalue weighted by Gasteiger charge is 2.28. The van der Waals surface area contributed by atoms with Crippen LogP contribution in [0.1, 0.15) is 26.7 Å². The van der Waals surface area contributed by atoms with Gasteiger partial charge in [0.15, 0.2) is 0 Å². The minimum atomic E-state index is -6.00. The van der Waals surface area contributed by atoms with Crippen LogP contribution in [-0.2, 0) is 12.6 Å². The first-order chi connectivity index (χ1) is 7.24. The van der Waals surface area contributed by atoms with E-state index in [2.05, 4.69) is 26.5 Å². The minimum Gasteiger partial charge on any atom is -0.418 e. The molecule has 0 aromatic carbocycles. The maximum absolute atomic E-state index is 9.75. The highest BCUT2D eigenvalue weighted by molar-refractivity contribution is 8.01. The number of halogens is 4. The monoisotopic (exact) mass is 282 g/mol. The summed E-state index contributed by atoms with van der Waals surface area (Å²) in [6.07, 6.45) is 2.01. The van der Waals surface area contributed by atoms with Crippen molar-refractivity contribution in [2.75, 3.05) is 18.1 Å². The quantitative estimate of drug-likeness (QED) is 0.459. The molecule has 0 bridgehead atoms. The average Bonchev–Trinajstić information content (AvgIpc) is 2.15. The third-order valence-electron chi connectivity index (χ3n) is 1.98. The molecule has 0 aromatic heterocycles. The van der Waals surface area contributed by atoms with E-state index in [1.54, 1.807) is 0 Å². The van der Waals surface area contributed by atoms with E-state index < -0.39 is 7.25 Å². The van der Waals surface area contributed by atoms with Gasteiger partial charge in [0.05, 0.1) is 4.75 Å². The highest BCUT2D eigenvalue weighted by atomic mass is 32.2.